The van der Waals surface area contributed by atoms with E-state index in [1.165, 1.54) is 0 Å². The third-order valence-corrected chi connectivity index (χ3v) is 2.31. The molecule has 0 aromatic rings. The van der Waals surface area contributed by atoms with Gasteiger partial charge in [0, 0.05) is 6.08 Å². The Morgan fingerprint density at radius 3 is 2.67 bits per heavy atom. The minimum Gasteiger partial charge on any atom is -0.480 e. The molecule has 0 bridgehead atoms. The highest BCUT2D eigenvalue weighted by Crippen LogP contribution is 2.32. The van der Waals surface area contributed by atoms with E-state index in [1.54, 1.807) is 0 Å². The fourth-order valence-electron chi connectivity index (χ4n) is 0.708. The molecule has 2 atom stereocenters. The molecule has 0 saturated carbocycles. The van der Waals surface area contributed by atoms with E-state index in [4.69, 9.17) is 28.3 Å². The predicted octanol–water partition coefficient (Wildman–Crippen LogP) is 0.726. The Bertz CT molecular complexity index is 262. The highest BCUT2D eigenvalue weighted by molar-refractivity contribution is 6.39. The van der Waals surface area contributed by atoms with Gasteiger partial charge in [-0.05, 0) is 6.08 Å². The molecule has 1 N–H and O–H groups in total. The van der Waals surface area contributed by atoms with Crippen LogP contribution < -0.4 is 0 Å². The summed E-state index contributed by atoms with van der Waals surface area (Å²) < 4.78 is 4.47. The molecule has 0 amide bonds. The molecule has 0 radical (unpaired) electrons. The van der Waals surface area contributed by atoms with E-state index in [-0.39, 0.29) is 0 Å². The standard InChI is InChI=1S/C6H4Cl2O4/c7-4(5(10)11)6(8)2-1-3(9)12-6/h1-2,4H,(H,10,11). The summed E-state index contributed by atoms with van der Waals surface area (Å²) in [5, 5.41) is 5.22. The van der Waals surface area contributed by atoms with Crippen LogP contribution in [-0.4, -0.2) is 27.5 Å². The minimum atomic E-state index is -1.75. The number of ether oxygens (including phenoxy) is 1. The molecule has 1 aliphatic heterocycles. The van der Waals surface area contributed by atoms with E-state index >= 15 is 0 Å². The number of esters is 1. The maximum Gasteiger partial charge on any atom is 0.332 e. The van der Waals surface area contributed by atoms with Gasteiger partial charge >= 0.3 is 11.9 Å². The average molecular weight is 211 g/mol. The molecule has 1 heterocycles. The summed E-state index contributed by atoms with van der Waals surface area (Å²) in [6.07, 6.45) is 2.15. The van der Waals surface area contributed by atoms with Crippen LogP contribution in [0.25, 0.3) is 0 Å². The second-order valence-electron chi connectivity index (χ2n) is 2.15. The van der Waals surface area contributed by atoms with Gasteiger partial charge in [-0.2, -0.15) is 0 Å². The molecule has 0 spiro atoms. The Labute approximate surface area is 77.7 Å². The number of aliphatic carboxylic acids is 1. The quantitative estimate of drug-likeness (QED) is 0.540. The van der Waals surface area contributed by atoms with E-state index in [1.807, 2.05) is 0 Å². The van der Waals surface area contributed by atoms with Crippen molar-refractivity contribution in [2.45, 2.75) is 10.4 Å². The van der Waals surface area contributed by atoms with Crippen molar-refractivity contribution < 1.29 is 19.4 Å². The minimum absolute atomic E-state index is 0.697. The van der Waals surface area contributed by atoms with Crippen molar-refractivity contribution >= 4 is 35.1 Å². The van der Waals surface area contributed by atoms with Crippen molar-refractivity contribution in [3.8, 4) is 0 Å². The molecule has 4 nitrogen and oxygen atoms in total. The zero-order valence-electron chi connectivity index (χ0n) is 5.66. The molecule has 12 heavy (non-hydrogen) atoms. The molecule has 0 aromatic heterocycles. The van der Waals surface area contributed by atoms with Crippen molar-refractivity contribution in [2.75, 3.05) is 0 Å². The molecular weight excluding hydrogens is 207 g/mol. The van der Waals surface area contributed by atoms with E-state index < -0.39 is 22.4 Å². The molecule has 66 valence electrons. The number of carbonyl (C=O) groups is 2. The van der Waals surface area contributed by atoms with Gasteiger partial charge in [-0.1, -0.05) is 11.6 Å². The number of halogens is 2. The lowest BCUT2D eigenvalue weighted by Crippen LogP contribution is -2.38. The maximum atomic E-state index is 10.5. The van der Waals surface area contributed by atoms with Gasteiger partial charge in [0.15, 0.2) is 5.38 Å². The van der Waals surface area contributed by atoms with Crippen molar-refractivity contribution in [1.29, 1.82) is 0 Å². The number of carboxylic acid groups (broad SMARTS) is 1. The van der Waals surface area contributed by atoms with E-state index in [0.29, 0.717) is 0 Å². The summed E-state index contributed by atoms with van der Waals surface area (Å²) in [5.41, 5.74) is 0. The highest BCUT2D eigenvalue weighted by atomic mass is 35.5. The number of rotatable bonds is 2. The summed E-state index contributed by atoms with van der Waals surface area (Å²) in [4.78, 5) is 20.9. The second-order valence-corrected chi connectivity index (χ2v) is 3.18. The smallest absolute Gasteiger partial charge is 0.332 e. The Balaban J connectivity index is 2.81. The van der Waals surface area contributed by atoms with Gasteiger partial charge in [0.25, 0.3) is 0 Å². The number of hydrogen-bond acceptors (Lipinski definition) is 3. The van der Waals surface area contributed by atoms with Gasteiger partial charge < -0.3 is 9.84 Å². The van der Waals surface area contributed by atoms with Crippen LogP contribution in [0, 0.1) is 0 Å². The summed E-state index contributed by atoms with van der Waals surface area (Å²) in [6, 6.07) is 0. The normalized spacial score (nSPS) is 30.0. The fraction of sp³-hybridized carbons (Fsp3) is 0.333. The van der Waals surface area contributed by atoms with Crippen molar-refractivity contribution in [2.24, 2.45) is 0 Å². The van der Waals surface area contributed by atoms with E-state index in [2.05, 4.69) is 4.74 Å². The Hall–Kier alpha value is -0.740. The van der Waals surface area contributed by atoms with Crippen molar-refractivity contribution in [3.63, 3.8) is 0 Å². The van der Waals surface area contributed by atoms with Gasteiger partial charge in [0.05, 0.1) is 0 Å². The molecule has 6 heteroatoms. The zero-order valence-corrected chi connectivity index (χ0v) is 7.17. The van der Waals surface area contributed by atoms with Gasteiger partial charge in [0.1, 0.15) is 0 Å². The molecule has 2 unspecified atom stereocenters. The monoisotopic (exact) mass is 210 g/mol. The van der Waals surface area contributed by atoms with E-state index in [0.717, 1.165) is 12.2 Å². The maximum absolute atomic E-state index is 10.5. The zero-order chi connectivity index (χ0) is 9.35. The predicted molar refractivity (Wildman–Crippen MR) is 41.1 cm³/mol. The summed E-state index contributed by atoms with van der Waals surface area (Å²) >= 11 is 10.9. The van der Waals surface area contributed by atoms with Crippen LogP contribution in [0.2, 0.25) is 0 Å². The molecule has 0 fully saturated rings. The number of carbonyl (C=O) groups excluding carboxylic acids is 1. The topological polar surface area (TPSA) is 63.6 Å². The first-order chi connectivity index (χ1) is 5.46. The molecule has 1 aliphatic rings. The number of carboxylic acids is 1. The lowest BCUT2D eigenvalue weighted by atomic mass is 10.2. The van der Waals surface area contributed by atoms with Gasteiger partial charge in [-0.25, -0.2) is 4.79 Å². The third kappa shape index (κ3) is 1.54. The summed E-state index contributed by atoms with van der Waals surface area (Å²) in [6.45, 7) is 0. The Morgan fingerprint density at radius 2 is 2.33 bits per heavy atom. The largest absolute Gasteiger partial charge is 0.480 e. The molecule has 0 aliphatic carbocycles. The first kappa shape index (κ1) is 9.35. The average Bonchev–Trinajstić information content (AvgIpc) is 2.31. The lowest BCUT2D eigenvalue weighted by Gasteiger charge is -2.20. The van der Waals surface area contributed by atoms with Crippen LogP contribution in [0.3, 0.4) is 0 Å². The SMILES string of the molecule is O=C1C=CC(Cl)(C(Cl)C(=O)O)O1. The van der Waals surface area contributed by atoms with Crippen LogP contribution in [0.1, 0.15) is 0 Å². The van der Waals surface area contributed by atoms with Crippen LogP contribution >= 0.6 is 23.2 Å². The molecule has 1 rings (SSSR count). The number of hydrogen-bond donors (Lipinski definition) is 1. The van der Waals surface area contributed by atoms with Gasteiger partial charge in [-0.15, -0.1) is 11.6 Å². The fourth-order valence-corrected chi connectivity index (χ4v) is 1.06. The van der Waals surface area contributed by atoms with Crippen LogP contribution in [0.5, 0.6) is 0 Å². The van der Waals surface area contributed by atoms with Gasteiger partial charge in [-0.3, -0.25) is 4.79 Å². The first-order valence-electron chi connectivity index (χ1n) is 2.94. The Kier molecular flexibility index (Phi) is 2.30. The van der Waals surface area contributed by atoms with Crippen LogP contribution in [0.4, 0.5) is 0 Å². The molecular formula is C6H4Cl2O4. The highest BCUT2D eigenvalue weighted by Gasteiger charge is 2.45. The number of cyclic esters (lactones) is 1. The van der Waals surface area contributed by atoms with Crippen LogP contribution in [-0.2, 0) is 14.3 Å². The molecule has 0 saturated heterocycles. The Morgan fingerprint density at radius 1 is 1.75 bits per heavy atom. The molecule has 0 aromatic carbocycles. The third-order valence-electron chi connectivity index (χ3n) is 1.27. The van der Waals surface area contributed by atoms with Gasteiger partial charge in [0.2, 0.25) is 5.06 Å². The van der Waals surface area contributed by atoms with Crippen LogP contribution in [0.15, 0.2) is 12.2 Å². The first-order valence-corrected chi connectivity index (χ1v) is 3.75. The van der Waals surface area contributed by atoms with Crippen molar-refractivity contribution in [3.05, 3.63) is 12.2 Å². The number of alkyl halides is 2. The van der Waals surface area contributed by atoms with Crippen molar-refractivity contribution in [1.82, 2.24) is 0 Å². The summed E-state index contributed by atoms with van der Waals surface area (Å²) in [7, 11) is 0. The summed E-state index contributed by atoms with van der Waals surface area (Å²) in [5.74, 6) is -2.04. The second kappa shape index (κ2) is 2.95. The van der Waals surface area contributed by atoms with E-state index in [9.17, 15) is 9.59 Å². The lowest BCUT2D eigenvalue weighted by molar-refractivity contribution is -0.146.